The first-order valence-electron chi connectivity index (χ1n) is 7.67. The quantitative estimate of drug-likeness (QED) is 0.852. The third kappa shape index (κ3) is 3.47. The molecule has 3 rings (SSSR count). The second kappa shape index (κ2) is 6.64. The molecule has 1 heterocycles. The number of carbonyl (C=O) groups is 1. The Hall–Kier alpha value is -2.30. The molecule has 1 aliphatic carbocycles. The molecule has 1 aliphatic rings. The fourth-order valence-electron chi connectivity index (χ4n) is 2.61. The minimum absolute atomic E-state index is 0.0117. The summed E-state index contributed by atoms with van der Waals surface area (Å²) in [6, 6.07) is 7.60. The molecule has 0 atom stereocenters. The third-order valence-electron chi connectivity index (χ3n) is 3.91. The van der Waals surface area contributed by atoms with Gasteiger partial charge in [0.15, 0.2) is 0 Å². The van der Waals surface area contributed by atoms with Gasteiger partial charge < -0.3 is 14.6 Å². The van der Waals surface area contributed by atoms with Crippen molar-refractivity contribution in [2.75, 3.05) is 13.7 Å². The number of benzene rings is 1. The molecule has 0 unspecified atom stereocenters. The van der Waals surface area contributed by atoms with Gasteiger partial charge in [-0.05, 0) is 18.9 Å². The summed E-state index contributed by atoms with van der Waals surface area (Å²) in [5.41, 5.74) is 0.906. The molecule has 1 N–H and O–H groups in total. The monoisotopic (exact) mass is 299 g/mol. The normalized spacial score (nSPS) is 13.9. The van der Waals surface area contributed by atoms with Gasteiger partial charge in [-0.15, -0.1) is 0 Å². The maximum atomic E-state index is 12.0. The minimum atomic E-state index is 0.0117. The van der Waals surface area contributed by atoms with E-state index in [0.29, 0.717) is 18.9 Å². The van der Waals surface area contributed by atoms with Gasteiger partial charge in [-0.2, -0.15) is 0 Å². The van der Waals surface area contributed by atoms with Gasteiger partial charge in [-0.25, -0.2) is 4.98 Å². The first kappa shape index (κ1) is 14.6. The maximum absolute atomic E-state index is 12.0. The zero-order valence-corrected chi connectivity index (χ0v) is 12.8. The van der Waals surface area contributed by atoms with E-state index in [1.165, 1.54) is 12.8 Å². The van der Waals surface area contributed by atoms with Crippen molar-refractivity contribution < 1.29 is 9.53 Å². The van der Waals surface area contributed by atoms with Crippen LogP contribution in [0.3, 0.4) is 0 Å². The SMILES string of the molecule is COc1ccccc1CC(=O)NCCn1ccnc1C1CC1. The molecule has 5 nitrogen and oxygen atoms in total. The molecule has 1 fully saturated rings. The van der Waals surface area contributed by atoms with Crippen LogP contribution in [-0.4, -0.2) is 29.1 Å². The topological polar surface area (TPSA) is 56.1 Å². The first-order chi connectivity index (χ1) is 10.8. The van der Waals surface area contributed by atoms with Gasteiger partial charge in [0, 0.05) is 37.0 Å². The molecule has 5 heteroatoms. The summed E-state index contributed by atoms with van der Waals surface area (Å²) in [5.74, 6) is 2.54. The number of hydrogen-bond donors (Lipinski definition) is 1. The molecule has 22 heavy (non-hydrogen) atoms. The van der Waals surface area contributed by atoms with Crippen molar-refractivity contribution >= 4 is 5.91 Å². The Morgan fingerprint density at radius 2 is 2.23 bits per heavy atom. The molecule has 1 aromatic carbocycles. The highest BCUT2D eigenvalue weighted by Gasteiger charge is 2.27. The van der Waals surface area contributed by atoms with Gasteiger partial charge in [0.2, 0.25) is 5.91 Å². The van der Waals surface area contributed by atoms with Crippen LogP contribution in [0.2, 0.25) is 0 Å². The molecule has 0 spiro atoms. The molecule has 1 aromatic heterocycles. The van der Waals surface area contributed by atoms with Crippen LogP contribution in [0, 0.1) is 0 Å². The number of methoxy groups -OCH3 is 1. The van der Waals surface area contributed by atoms with Crippen LogP contribution in [0.15, 0.2) is 36.7 Å². The van der Waals surface area contributed by atoms with E-state index in [-0.39, 0.29) is 5.91 Å². The number of carbonyl (C=O) groups excluding carboxylic acids is 1. The highest BCUT2D eigenvalue weighted by atomic mass is 16.5. The molecular weight excluding hydrogens is 278 g/mol. The van der Waals surface area contributed by atoms with Gasteiger partial charge in [0.25, 0.3) is 0 Å². The van der Waals surface area contributed by atoms with E-state index in [2.05, 4.69) is 14.9 Å². The van der Waals surface area contributed by atoms with Crippen molar-refractivity contribution in [1.82, 2.24) is 14.9 Å². The highest BCUT2D eigenvalue weighted by Crippen LogP contribution is 2.38. The van der Waals surface area contributed by atoms with Crippen LogP contribution in [0.1, 0.15) is 30.1 Å². The lowest BCUT2D eigenvalue weighted by Crippen LogP contribution is -2.29. The van der Waals surface area contributed by atoms with Gasteiger partial charge in [-0.3, -0.25) is 4.79 Å². The molecule has 0 radical (unpaired) electrons. The standard InChI is InChI=1S/C17H21N3O2/c1-22-15-5-3-2-4-14(15)12-16(21)18-8-10-20-11-9-19-17(20)13-6-7-13/h2-5,9,11,13H,6-8,10,12H2,1H3,(H,18,21). The van der Waals surface area contributed by atoms with E-state index >= 15 is 0 Å². The summed E-state index contributed by atoms with van der Waals surface area (Å²) in [4.78, 5) is 16.4. The number of rotatable bonds is 7. The summed E-state index contributed by atoms with van der Waals surface area (Å²) >= 11 is 0. The number of imidazole rings is 1. The minimum Gasteiger partial charge on any atom is -0.496 e. The number of aromatic nitrogens is 2. The number of amides is 1. The fourth-order valence-corrected chi connectivity index (χ4v) is 2.61. The maximum Gasteiger partial charge on any atom is 0.224 e. The van der Waals surface area contributed by atoms with Crippen LogP contribution >= 0.6 is 0 Å². The number of ether oxygens (including phenoxy) is 1. The van der Waals surface area contributed by atoms with E-state index in [1.54, 1.807) is 7.11 Å². The largest absolute Gasteiger partial charge is 0.496 e. The molecule has 1 amide bonds. The van der Waals surface area contributed by atoms with Gasteiger partial charge >= 0.3 is 0 Å². The van der Waals surface area contributed by atoms with Crippen molar-refractivity contribution in [2.24, 2.45) is 0 Å². The van der Waals surface area contributed by atoms with Crippen LogP contribution in [0.5, 0.6) is 5.75 Å². The second-order valence-electron chi connectivity index (χ2n) is 5.59. The Labute approximate surface area is 130 Å². The van der Waals surface area contributed by atoms with Gasteiger partial charge in [0.1, 0.15) is 11.6 Å². The number of hydrogen-bond acceptors (Lipinski definition) is 3. The predicted octanol–water partition coefficient (Wildman–Crippen LogP) is 2.13. The molecule has 116 valence electrons. The average Bonchev–Trinajstić information content (AvgIpc) is 3.27. The lowest BCUT2D eigenvalue weighted by molar-refractivity contribution is -0.120. The summed E-state index contributed by atoms with van der Waals surface area (Å²) in [5, 5.41) is 2.96. The van der Waals surface area contributed by atoms with Crippen LogP contribution in [0.4, 0.5) is 0 Å². The Kier molecular flexibility index (Phi) is 4.42. The summed E-state index contributed by atoms with van der Waals surface area (Å²) in [6.07, 6.45) is 6.63. The van der Waals surface area contributed by atoms with E-state index < -0.39 is 0 Å². The first-order valence-corrected chi connectivity index (χ1v) is 7.67. The molecule has 0 saturated heterocycles. The van der Waals surface area contributed by atoms with Crippen molar-refractivity contribution in [2.45, 2.75) is 31.7 Å². The van der Waals surface area contributed by atoms with Crippen molar-refractivity contribution in [1.29, 1.82) is 0 Å². The number of nitrogens with one attached hydrogen (secondary N) is 1. The Morgan fingerprint density at radius 1 is 1.41 bits per heavy atom. The van der Waals surface area contributed by atoms with Crippen molar-refractivity contribution in [3.8, 4) is 5.75 Å². The molecular formula is C17H21N3O2. The number of nitrogens with zero attached hydrogens (tertiary/aromatic N) is 2. The Morgan fingerprint density at radius 3 is 3.00 bits per heavy atom. The summed E-state index contributed by atoms with van der Waals surface area (Å²) in [7, 11) is 1.62. The predicted molar refractivity (Wildman–Crippen MR) is 83.9 cm³/mol. The van der Waals surface area contributed by atoms with Crippen molar-refractivity contribution in [3.05, 3.63) is 48.0 Å². The zero-order valence-electron chi connectivity index (χ0n) is 12.8. The van der Waals surface area contributed by atoms with E-state index in [4.69, 9.17) is 4.74 Å². The average molecular weight is 299 g/mol. The lowest BCUT2D eigenvalue weighted by atomic mass is 10.1. The third-order valence-corrected chi connectivity index (χ3v) is 3.91. The molecule has 0 bridgehead atoms. The van der Waals surface area contributed by atoms with Crippen LogP contribution in [0.25, 0.3) is 0 Å². The molecule has 0 aliphatic heterocycles. The fraction of sp³-hybridized carbons (Fsp3) is 0.412. The van der Waals surface area contributed by atoms with E-state index in [9.17, 15) is 4.79 Å². The van der Waals surface area contributed by atoms with Crippen LogP contribution < -0.4 is 10.1 Å². The Balaban J connectivity index is 1.49. The molecule has 2 aromatic rings. The highest BCUT2D eigenvalue weighted by molar-refractivity contribution is 5.79. The summed E-state index contributed by atoms with van der Waals surface area (Å²) in [6.45, 7) is 1.38. The molecule has 1 saturated carbocycles. The van der Waals surface area contributed by atoms with Gasteiger partial charge in [-0.1, -0.05) is 18.2 Å². The number of para-hydroxylation sites is 1. The van der Waals surface area contributed by atoms with Gasteiger partial charge in [0.05, 0.1) is 13.5 Å². The smallest absolute Gasteiger partial charge is 0.224 e. The lowest BCUT2D eigenvalue weighted by Gasteiger charge is -2.10. The van der Waals surface area contributed by atoms with E-state index in [0.717, 1.165) is 23.7 Å². The van der Waals surface area contributed by atoms with Crippen molar-refractivity contribution in [3.63, 3.8) is 0 Å². The zero-order chi connectivity index (χ0) is 15.4. The van der Waals surface area contributed by atoms with Crippen LogP contribution in [-0.2, 0) is 17.8 Å². The second-order valence-corrected chi connectivity index (χ2v) is 5.59. The van der Waals surface area contributed by atoms with E-state index in [1.807, 2.05) is 36.7 Å². The Bertz CT molecular complexity index is 647. The summed E-state index contributed by atoms with van der Waals surface area (Å²) < 4.78 is 7.41.